The summed E-state index contributed by atoms with van der Waals surface area (Å²) < 4.78 is 5.40. The number of hydrogen-bond acceptors (Lipinski definition) is 4. The molecular formula is C15H27N3O. The fraction of sp³-hybridized carbons (Fsp3) is 0.933. The number of rotatable bonds is 7. The van der Waals surface area contributed by atoms with Gasteiger partial charge < -0.3 is 9.64 Å². The summed E-state index contributed by atoms with van der Waals surface area (Å²) in [5.41, 5.74) is -0.336. The molecule has 0 spiro atoms. The number of ether oxygens (including phenoxy) is 1. The molecule has 0 radical (unpaired) electrons. The van der Waals surface area contributed by atoms with Crippen molar-refractivity contribution in [2.45, 2.75) is 63.1 Å². The molecule has 2 rings (SSSR count). The van der Waals surface area contributed by atoms with Crippen molar-refractivity contribution in [3.8, 4) is 6.07 Å². The number of hydrogen-bond donors (Lipinski definition) is 1. The van der Waals surface area contributed by atoms with E-state index in [0.29, 0.717) is 12.1 Å². The van der Waals surface area contributed by atoms with E-state index < -0.39 is 0 Å². The summed E-state index contributed by atoms with van der Waals surface area (Å²) in [4.78, 5) is 2.44. The van der Waals surface area contributed by atoms with Gasteiger partial charge in [0.05, 0.1) is 6.07 Å². The third-order valence-electron chi connectivity index (χ3n) is 4.35. The Labute approximate surface area is 117 Å². The molecule has 1 saturated heterocycles. The molecule has 1 heterocycles. The fourth-order valence-electron chi connectivity index (χ4n) is 2.83. The molecule has 1 aliphatic heterocycles. The lowest BCUT2D eigenvalue weighted by Gasteiger charge is -2.32. The summed E-state index contributed by atoms with van der Waals surface area (Å²) in [7, 11) is 2.20. The topological polar surface area (TPSA) is 48.3 Å². The Morgan fingerprint density at radius 1 is 1.32 bits per heavy atom. The van der Waals surface area contributed by atoms with E-state index in [1.807, 2.05) is 6.92 Å². The first-order chi connectivity index (χ1) is 9.13. The second-order valence-electron chi connectivity index (χ2n) is 6.29. The lowest BCUT2D eigenvalue weighted by atomic mass is 9.97. The summed E-state index contributed by atoms with van der Waals surface area (Å²) in [6.45, 7) is 4.91. The molecule has 4 nitrogen and oxygen atoms in total. The summed E-state index contributed by atoms with van der Waals surface area (Å²) in [5.74, 6) is 0. The number of nitriles is 1. The molecule has 1 aliphatic carbocycles. The van der Waals surface area contributed by atoms with Gasteiger partial charge >= 0.3 is 0 Å². The van der Waals surface area contributed by atoms with Gasteiger partial charge in [0.25, 0.3) is 0 Å². The Morgan fingerprint density at radius 2 is 2.00 bits per heavy atom. The SMILES string of the molecule is CN(CCCC(C)(C#N)NC1CC1)C1CCOCC1. The largest absolute Gasteiger partial charge is 0.381 e. The molecule has 4 heteroatoms. The Kier molecular flexibility index (Phi) is 5.20. The Balaban J connectivity index is 1.67. The lowest BCUT2D eigenvalue weighted by molar-refractivity contribution is 0.0422. The van der Waals surface area contributed by atoms with Gasteiger partial charge in [-0.15, -0.1) is 0 Å². The predicted molar refractivity (Wildman–Crippen MR) is 75.9 cm³/mol. The van der Waals surface area contributed by atoms with Crippen LogP contribution < -0.4 is 5.32 Å². The molecule has 2 fully saturated rings. The average Bonchev–Trinajstić information content (AvgIpc) is 3.23. The predicted octanol–water partition coefficient (Wildman–Crippen LogP) is 1.91. The molecular weight excluding hydrogens is 238 g/mol. The normalized spacial score (nSPS) is 24.1. The molecule has 0 amide bonds. The van der Waals surface area contributed by atoms with Gasteiger partial charge in [0.15, 0.2) is 0 Å². The van der Waals surface area contributed by atoms with Gasteiger partial charge in [-0.05, 0) is 59.0 Å². The zero-order chi connectivity index (χ0) is 13.7. The molecule has 0 aromatic carbocycles. The van der Waals surface area contributed by atoms with Gasteiger partial charge in [0, 0.05) is 25.3 Å². The van der Waals surface area contributed by atoms with E-state index >= 15 is 0 Å². The maximum absolute atomic E-state index is 9.33. The summed E-state index contributed by atoms with van der Waals surface area (Å²) >= 11 is 0. The van der Waals surface area contributed by atoms with Crippen molar-refractivity contribution < 1.29 is 4.74 Å². The van der Waals surface area contributed by atoms with Crippen LogP contribution >= 0.6 is 0 Å². The van der Waals surface area contributed by atoms with Crippen LogP contribution in [0.15, 0.2) is 0 Å². The molecule has 0 bridgehead atoms. The van der Waals surface area contributed by atoms with Gasteiger partial charge in [-0.2, -0.15) is 5.26 Å². The van der Waals surface area contributed by atoms with E-state index in [4.69, 9.17) is 4.74 Å². The van der Waals surface area contributed by atoms with Crippen LogP contribution in [0.25, 0.3) is 0 Å². The highest BCUT2D eigenvalue weighted by molar-refractivity contribution is 5.07. The van der Waals surface area contributed by atoms with Gasteiger partial charge in [-0.1, -0.05) is 0 Å². The minimum atomic E-state index is -0.336. The average molecular weight is 265 g/mol. The maximum Gasteiger partial charge on any atom is 0.104 e. The molecule has 2 aliphatic rings. The highest BCUT2D eigenvalue weighted by Gasteiger charge is 2.32. The van der Waals surface area contributed by atoms with Crippen LogP contribution in [0.1, 0.15) is 45.4 Å². The van der Waals surface area contributed by atoms with E-state index in [1.54, 1.807) is 0 Å². The summed E-state index contributed by atoms with van der Waals surface area (Å²) in [6, 6.07) is 3.71. The highest BCUT2D eigenvalue weighted by atomic mass is 16.5. The van der Waals surface area contributed by atoms with Crippen molar-refractivity contribution in [2.75, 3.05) is 26.8 Å². The monoisotopic (exact) mass is 265 g/mol. The Morgan fingerprint density at radius 3 is 2.58 bits per heavy atom. The van der Waals surface area contributed by atoms with Crippen LogP contribution in [-0.2, 0) is 4.74 Å². The Bertz CT molecular complexity index is 318. The third-order valence-corrected chi connectivity index (χ3v) is 4.35. The zero-order valence-electron chi connectivity index (χ0n) is 12.3. The van der Waals surface area contributed by atoms with E-state index in [9.17, 15) is 5.26 Å². The van der Waals surface area contributed by atoms with Gasteiger partial charge in [-0.25, -0.2) is 0 Å². The van der Waals surface area contributed by atoms with Crippen molar-refractivity contribution >= 4 is 0 Å². The standard InChI is InChI=1S/C15H27N3O/c1-15(12-16,17-13-4-5-13)8-3-9-18(2)14-6-10-19-11-7-14/h13-14,17H,3-11H2,1-2H3. The van der Waals surface area contributed by atoms with Crippen molar-refractivity contribution in [2.24, 2.45) is 0 Å². The first-order valence-corrected chi connectivity index (χ1v) is 7.60. The van der Waals surface area contributed by atoms with Gasteiger partial charge in [0.1, 0.15) is 5.54 Å². The van der Waals surface area contributed by atoms with Crippen LogP contribution in [0, 0.1) is 11.3 Å². The van der Waals surface area contributed by atoms with E-state index in [-0.39, 0.29) is 5.54 Å². The fourth-order valence-corrected chi connectivity index (χ4v) is 2.83. The minimum Gasteiger partial charge on any atom is -0.381 e. The molecule has 1 unspecified atom stereocenters. The molecule has 108 valence electrons. The second kappa shape index (κ2) is 6.69. The van der Waals surface area contributed by atoms with Crippen molar-refractivity contribution in [1.82, 2.24) is 10.2 Å². The van der Waals surface area contributed by atoms with Crippen LogP contribution in [0.3, 0.4) is 0 Å². The van der Waals surface area contributed by atoms with E-state index in [1.165, 1.54) is 12.8 Å². The lowest BCUT2D eigenvalue weighted by Crippen LogP contribution is -2.43. The summed E-state index contributed by atoms with van der Waals surface area (Å²) in [6.07, 6.45) is 6.78. The molecule has 0 aromatic rings. The van der Waals surface area contributed by atoms with Crippen LogP contribution in [-0.4, -0.2) is 49.3 Å². The first kappa shape index (κ1) is 14.8. The molecule has 1 atom stereocenters. The number of nitrogens with one attached hydrogen (secondary N) is 1. The minimum absolute atomic E-state index is 0.336. The van der Waals surface area contributed by atoms with Crippen LogP contribution in [0.5, 0.6) is 0 Å². The van der Waals surface area contributed by atoms with E-state index in [0.717, 1.165) is 45.4 Å². The molecule has 1 saturated carbocycles. The van der Waals surface area contributed by atoms with Crippen molar-refractivity contribution in [3.63, 3.8) is 0 Å². The second-order valence-corrected chi connectivity index (χ2v) is 6.29. The third kappa shape index (κ3) is 4.76. The smallest absolute Gasteiger partial charge is 0.104 e. The summed E-state index contributed by atoms with van der Waals surface area (Å²) in [5, 5.41) is 12.8. The molecule has 1 N–H and O–H groups in total. The van der Waals surface area contributed by atoms with Gasteiger partial charge in [0.2, 0.25) is 0 Å². The van der Waals surface area contributed by atoms with Crippen molar-refractivity contribution in [1.29, 1.82) is 5.26 Å². The van der Waals surface area contributed by atoms with Crippen molar-refractivity contribution in [3.05, 3.63) is 0 Å². The highest BCUT2D eigenvalue weighted by Crippen LogP contribution is 2.24. The Hall–Kier alpha value is -0.630. The maximum atomic E-state index is 9.33. The molecule has 0 aromatic heterocycles. The molecule has 19 heavy (non-hydrogen) atoms. The number of nitrogens with zero attached hydrogens (tertiary/aromatic N) is 2. The first-order valence-electron chi connectivity index (χ1n) is 7.60. The van der Waals surface area contributed by atoms with Crippen LogP contribution in [0.2, 0.25) is 0 Å². The quantitative estimate of drug-likeness (QED) is 0.764. The van der Waals surface area contributed by atoms with E-state index in [2.05, 4.69) is 23.3 Å². The zero-order valence-corrected chi connectivity index (χ0v) is 12.3. The van der Waals surface area contributed by atoms with Crippen LogP contribution in [0.4, 0.5) is 0 Å². The van der Waals surface area contributed by atoms with Gasteiger partial charge in [-0.3, -0.25) is 5.32 Å².